The Morgan fingerprint density at radius 3 is 2.74 bits per heavy atom. The predicted octanol–water partition coefficient (Wildman–Crippen LogP) is 2.26. The minimum Gasteiger partial charge on any atom is -0.374 e. The molecule has 1 atom stereocenters. The Labute approximate surface area is 114 Å². The van der Waals surface area contributed by atoms with E-state index in [1.165, 1.54) is 32.1 Å². The Morgan fingerprint density at radius 2 is 2.05 bits per heavy atom. The molecule has 0 aromatic heterocycles. The van der Waals surface area contributed by atoms with Crippen molar-refractivity contribution < 1.29 is 13.5 Å². The minimum atomic E-state index is -2.36. The van der Waals surface area contributed by atoms with Crippen molar-refractivity contribution in [2.75, 3.05) is 32.8 Å². The number of hydrogen-bond acceptors (Lipinski definition) is 3. The SMILES string of the molecule is CC1CNC2(CCCCC2)CN1CCOCC(F)F. The van der Waals surface area contributed by atoms with Crippen molar-refractivity contribution in [3.63, 3.8) is 0 Å². The Morgan fingerprint density at radius 1 is 1.32 bits per heavy atom. The molecule has 0 radical (unpaired) electrons. The van der Waals surface area contributed by atoms with Gasteiger partial charge in [-0.3, -0.25) is 4.90 Å². The number of alkyl halides is 2. The Balaban J connectivity index is 1.77. The number of piperazine rings is 1. The Kier molecular flexibility index (Phi) is 5.54. The second-order valence-corrected chi connectivity index (χ2v) is 6.01. The molecular weight excluding hydrogens is 250 g/mol. The van der Waals surface area contributed by atoms with Crippen LogP contribution in [0.25, 0.3) is 0 Å². The monoisotopic (exact) mass is 276 g/mol. The molecule has 2 fully saturated rings. The van der Waals surface area contributed by atoms with Crippen LogP contribution in [0.15, 0.2) is 0 Å². The maximum atomic E-state index is 12.0. The lowest BCUT2D eigenvalue weighted by atomic mass is 9.79. The van der Waals surface area contributed by atoms with Gasteiger partial charge >= 0.3 is 0 Å². The quantitative estimate of drug-likeness (QED) is 0.780. The molecule has 1 aliphatic heterocycles. The first-order valence-electron chi connectivity index (χ1n) is 7.46. The van der Waals surface area contributed by atoms with E-state index in [0.717, 1.165) is 19.6 Å². The summed E-state index contributed by atoms with van der Waals surface area (Å²) < 4.78 is 29.0. The standard InChI is InChI=1S/C14H26F2N2O/c1-12-9-17-14(5-3-2-4-6-14)11-18(12)7-8-19-10-13(15)16/h12-13,17H,2-11H2,1H3. The van der Waals surface area contributed by atoms with Crippen molar-refractivity contribution >= 4 is 0 Å². The van der Waals surface area contributed by atoms with Crippen molar-refractivity contribution in [3.05, 3.63) is 0 Å². The molecule has 0 bridgehead atoms. The van der Waals surface area contributed by atoms with E-state index in [1.807, 2.05) is 0 Å². The number of hydrogen-bond donors (Lipinski definition) is 1. The van der Waals surface area contributed by atoms with Gasteiger partial charge in [0.05, 0.1) is 6.61 Å². The summed E-state index contributed by atoms with van der Waals surface area (Å²) in [4.78, 5) is 2.40. The summed E-state index contributed by atoms with van der Waals surface area (Å²) in [7, 11) is 0. The van der Waals surface area contributed by atoms with Crippen molar-refractivity contribution in [3.8, 4) is 0 Å². The van der Waals surface area contributed by atoms with Gasteiger partial charge in [-0.25, -0.2) is 8.78 Å². The summed E-state index contributed by atoms with van der Waals surface area (Å²) in [6.45, 7) is 4.95. The molecule has 5 heteroatoms. The van der Waals surface area contributed by atoms with E-state index < -0.39 is 13.0 Å². The molecule has 1 unspecified atom stereocenters. The first-order chi connectivity index (χ1) is 9.11. The summed E-state index contributed by atoms with van der Waals surface area (Å²) in [5.74, 6) is 0. The molecule has 0 aromatic rings. The lowest BCUT2D eigenvalue weighted by Crippen LogP contribution is -2.64. The smallest absolute Gasteiger partial charge is 0.261 e. The second kappa shape index (κ2) is 6.95. The Bertz CT molecular complexity index is 270. The van der Waals surface area contributed by atoms with Gasteiger partial charge in [0.2, 0.25) is 0 Å². The van der Waals surface area contributed by atoms with Crippen molar-refractivity contribution in [2.24, 2.45) is 0 Å². The van der Waals surface area contributed by atoms with Gasteiger partial charge in [-0.2, -0.15) is 0 Å². The van der Waals surface area contributed by atoms with E-state index in [-0.39, 0.29) is 5.54 Å². The number of rotatable bonds is 5. The van der Waals surface area contributed by atoms with Crippen LogP contribution in [-0.4, -0.2) is 55.8 Å². The van der Waals surface area contributed by atoms with Gasteiger partial charge in [0, 0.05) is 31.2 Å². The number of ether oxygens (including phenoxy) is 1. The third-order valence-electron chi connectivity index (χ3n) is 4.48. The van der Waals surface area contributed by atoms with Crippen LogP contribution >= 0.6 is 0 Å². The van der Waals surface area contributed by atoms with Gasteiger partial charge in [-0.1, -0.05) is 19.3 Å². The Hall–Kier alpha value is -0.260. The van der Waals surface area contributed by atoms with Crippen LogP contribution in [-0.2, 0) is 4.74 Å². The minimum absolute atomic E-state index is 0.271. The third-order valence-corrected chi connectivity index (χ3v) is 4.48. The molecule has 0 aromatic carbocycles. The normalized spacial score (nSPS) is 28.1. The lowest BCUT2D eigenvalue weighted by molar-refractivity contribution is -0.00652. The summed E-state index contributed by atoms with van der Waals surface area (Å²) in [6, 6.07) is 0.461. The molecule has 112 valence electrons. The van der Waals surface area contributed by atoms with Crippen LogP contribution in [0, 0.1) is 0 Å². The van der Waals surface area contributed by atoms with E-state index >= 15 is 0 Å². The van der Waals surface area contributed by atoms with Gasteiger partial charge in [0.25, 0.3) is 6.43 Å². The highest BCUT2D eigenvalue weighted by Gasteiger charge is 2.38. The number of halogens is 2. The first-order valence-corrected chi connectivity index (χ1v) is 7.46. The van der Waals surface area contributed by atoms with E-state index in [4.69, 9.17) is 4.74 Å². The largest absolute Gasteiger partial charge is 0.374 e. The summed E-state index contributed by atoms with van der Waals surface area (Å²) in [5, 5.41) is 3.72. The highest BCUT2D eigenvalue weighted by atomic mass is 19.3. The average molecular weight is 276 g/mol. The van der Waals surface area contributed by atoms with Crippen LogP contribution in [0.2, 0.25) is 0 Å². The number of nitrogens with zero attached hydrogens (tertiary/aromatic N) is 1. The second-order valence-electron chi connectivity index (χ2n) is 6.01. The zero-order valence-corrected chi connectivity index (χ0v) is 11.8. The molecule has 1 N–H and O–H groups in total. The molecule has 1 spiro atoms. The van der Waals surface area contributed by atoms with Gasteiger partial charge in [-0.05, 0) is 19.8 Å². The van der Waals surface area contributed by atoms with Crippen LogP contribution in [0.3, 0.4) is 0 Å². The zero-order chi connectivity index (χ0) is 13.7. The molecule has 1 aliphatic carbocycles. The summed E-state index contributed by atoms with van der Waals surface area (Å²) in [6.07, 6.45) is 4.08. The van der Waals surface area contributed by atoms with Crippen LogP contribution in [0.1, 0.15) is 39.0 Å². The van der Waals surface area contributed by atoms with Gasteiger partial charge in [0.15, 0.2) is 0 Å². The maximum Gasteiger partial charge on any atom is 0.261 e. The molecule has 2 rings (SSSR count). The van der Waals surface area contributed by atoms with Crippen LogP contribution < -0.4 is 5.32 Å². The molecule has 19 heavy (non-hydrogen) atoms. The fraction of sp³-hybridized carbons (Fsp3) is 1.00. The van der Waals surface area contributed by atoms with Crippen LogP contribution in [0.5, 0.6) is 0 Å². The van der Waals surface area contributed by atoms with Crippen molar-refractivity contribution in [1.29, 1.82) is 0 Å². The first kappa shape index (κ1) is 15.1. The van der Waals surface area contributed by atoms with E-state index in [0.29, 0.717) is 12.6 Å². The summed E-state index contributed by atoms with van der Waals surface area (Å²) in [5.41, 5.74) is 0.271. The van der Waals surface area contributed by atoms with Crippen molar-refractivity contribution in [2.45, 2.75) is 57.0 Å². The maximum absolute atomic E-state index is 12.0. The fourth-order valence-corrected chi connectivity index (χ4v) is 3.31. The molecule has 1 saturated heterocycles. The van der Waals surface area contributed by atoms with Crippen LogP contribution in [0.4, 0.5) is 8.78 Å². The topological polar surface area (TPSA) is 24.5 Å². The van der Waals surface area contributed by atoms with Gasteiger partial charge in [-0.15, -0.1) is 0 Å². The molecular formula is C14H26F2N2O. The fourth-order valence-electron chi connectivity index (χ4n) is 3.31. The highest BCUT2D eigenvalue weighted by molar-refractivity contribution is 4.98. The third kappa shape index (κ3) is 4.36. The molecule has 1 heterocycles. The molecule has 0 amide bonds. The molecule has 3 nitrogen and oxygen atoms in total. The summed E-state index contributed by atoms with van der Waals surface area (Å²) >= 11 is 0. The zero-order valence-electron chi connectivity index (χ0n) is 11.8. The highest BCUT2D eigenvalue weighted by Crippen LogP contribution is 2.31. The van der Waals surface area contributed by atoms with Gasteiger partial charge < -0.3 is 10.1 Å². The molecule has 2 aliphatic rings. The average Bonchev–Trinajstić information content (AvgIpc) is 2.40. The van der Waals surface area contributed by atoms with E-state index in [1.54, 1.807) is 0 Å². The number of nitrogens with one attached hydrogen (secondary N) is 1. The van der Waals surface area contributed by atoms with Gasteiger partial charge in [0.1, 0.15) is 6.61 Å². The van der Waals surface area contributed by atoms with Crippen molar-refractivity contribution in [1.82, 2.24) is 10.2 Å². The lowest BCUT2D eigenvalue weighted by Gasteiger charge is -2.49. The van der Waals surface area contributed by atoms with E-state index in [9.17, 15) is 8.78 Å². The predicted molar refractivity (Wildman–Crippen MR) is 71.7 cm³/mol. The van der Waals surface area contributed by atoms with E-state index in [2.05, 4.69) is 17.1 Å². The molecule has 1 saturated carbocycles.